The minimum Gasteiger partial charge on any atom is -0.497 e. The summed E-state index contributed by atoms with van der Waals surface area (Å²) in [6.45, 7) is 3.79. The Hall–Kier alpha value is -1.02. The van der Waals surface area contributed by atoms with E-state index in [1.807, 2.05) is 6.07 Å². The fraction of sp³-hybridized carbons (Fsp3) is 0.455. The lowest BCUT2D eigenvalue weighted by molar-refractivity contribution is 0.167. The van der Waals surface area contributed by atoms with Crippen LogP contribution in [0, 0.1) is 5.92 Å². The van der Waals surface area contributed by atoms with Gasteiger partial charge in [-0.2, -0.15) is 4.31 Å². The van der Waals surface area contributed by atoms with Gasteiger partial charge in [0, 0.05) is 37.7 Å². The number of halogens is 3. The van der Waals surface area contributed by atoms with Gasteiger partial charge in [-0.05, 0) is 66.6 Å². The van der Waals surface area contributed by atoms with E-state index >= 15 is 0 Å². The van der Waals surface area contributed by atoms with Gasteiger partial charge in [0.15, 0.2) is 0 Å². The average molecular weight is 506 g/mol. The molecule has 2 heterocycles. The first-order chi connectivity index (χ1) is 14.4. The molecule has 0 radical (unpaired) electrons. The van der Waals surface area contributed by atoms with Crippen molar-refractivity contribution in [1.29, 1.82) is 0 Å². The van der Waals surface area contributed by atoms with Crippen molar-refractivity contribution in [3.8, 4) is 5.75 Å². The van der Waals surface area contributed by atoms with Crippen LogP contribution in [-0.4, -0.2) is 50.9 Å². The number of rotatable bonds is 5. The van der Waals surface area contributed by atoms with Crippen molar-refractivity contribution in [2.24, 2.45) is 5.92 Å². The number of methoxy groups -OCH3 is 1. The summed E-state index contributed by atoms with van der Waals surface area (Å²) in [5.74, 6) is 1.20. The number of piperidine rings is 1. The van der Waals surface area contributed by atoms with Crippen LogP contribution in [-0.2, 0) is 23.0 Å². The molecule has 0 aromatic heterocycles. The third-order valence-electron chi connectivity index (χ3n) is 6.01. The zero-order chi connectivity index (χ0) is 21.3. The molecule has 4 rings (SSSR count). The highest BCUT2D eigenvalue weighted by molar-refractivity contribution is 7.89. The maximum absolute atomic E-state index is 13.2. The molecule has 1 saturated heterocycles. The largest absolute Gasteiger partial charge is 0.497 e. The molecule has 170 valence electrons. The van der Waals surface area contributed by atoms with Gasteiger partial charge < -0.3 is 4.74 Å². The molecule has 0 saturated carbocycles. The van der Waals surface area contributed by atoms with Crippen LogP contribution in [0.3, 0.4) is 0 Å². The lowest BCUT2D eigenvalue weighted by Crippen LogP contribution is -2.44. The highest BCUT2D eigenvalue weighted by Gasteiger charge is 2.33. The number of benzene rings is 2. The topological polar surface area (TPSA) is 49.9 Å². The van der Waals surface area contributed by atoms with Gasteiger partial charge in [-0.15, -0.1) is 12.4 Å². The van der Waals surface area contributed by atoms with Gasteiger partial charge in [-0.25, -0.2) is 8.42 Å². The van der Waals surface area contributed by atoms with E-state index in [0.29, 0.717) is 24.0 Å². The quantitative estimate of drug-likeness (QED) is 0.581. The number of hydrogen-bond acceptors (Lipinski definition) is 4. The first kappa shape index (κ1) is 24.6. The average Bonchev–Trinajstić information content (AvgIpc) is 2.75. The molecule has 0 spiro atoms. The molecule has 1 unspecified atom stereocenters. The van der Waals surface area contributed by atoms with Crippen molar-refractivity contribution in [1.82, 2.24) is 9.21 Å². The van der Waals surface area contributed by atoms with Gasteiger partial charge in [0.25, 0.3) is 0 Å². The van der Waals surface area contributed by atoms with Crippen molar-refractivity contribution in [3.05, 3.63) is 57.6 Å². The number of hydrogen-bond donors (Lipinski definition) is 0. The predicted octanol–water partition coefficient (Wildman–Crippen LogP) is 4.88. The van der Waals surface area contributed by atoms with E-state index in [1.165, 1.54) is 17.2 Å². The summed E-state index contributed by atoms with van der Waals surface area (Å²) in [6.07, 6.45) is 2.87. The fourth-order valence-electron chi connectivity index (χ4n) is 4.44. The zero-order valence-corrected chi connectivity index (χ0v) is 20.5. The predicted molar refractivity (Wildman–Crippen MR) is 127 cm³/mol. The summed E-state index contributed by atoms with van der Waals surface area (Å²) in [7, 11) is -1.97. The van der Waals surface area contributed by atoms with Crippen LogP contribution in [0.5, 0.6) is 5.75 Å². The Kier molecular flexibility index (Phi) is 8.16. The number of fused-ring (bicyclic) bond motifs is 1. The smallest absolute Gasteiger partial charge is 0.244 e. The molecule has 0 aliphatic carbocycles. The van der Waals surface area contributed by atoms with Crippen LogP contribution >= 0.6 is 35.6 Å². The highest BCUT2D eigenvalue weighted by Crippen LogP contribution is 2.31. The fourth-order valence-corrected chi connectivity index (χ4v) is 6.74. The van der Waals surface area contributed by atoms with Crippen LogP contribution in [0.25, 0.3) is 0 Å². The lowest BCUT2D eigenvalue weighted by atomic mass is 9.95. The summed E-state index contributed by atoms with van der Waals surface area (Å²) < 4.78 is 33.3. The van der Waals surface area contributed by atoms with Crippen molar-refractivity contribution < 1.29 is 13.2 Å². The molecule has 2 aliphatic heterocycles. The second-order valence-corrected chi connectivity index (χ2v) is 10.8. The molecule has 1 fully saturated rings. The number of nitrogens with zero attached hydrogens (tertiary/aromatic N) is 2. The molecular formula is C22H27Cl3N2O3S. The van der Waals surface area contributed by atoms with Crippen LogP contribution < -0.4 is 4.74 Å². The molecule has 0 bridgehead atoms. The van der Waals surface area contributed by atoms with Gasteiger partial charge in [-0.3, -0.25) is 4.90 Å². The van der Waals surface area contributed by atoms with E-state index in [-0.39, 0.29) is 22.3 Å². The van der Waals surface area contributed by atoms with Gasteiger partial charge >= 0.3 is 0 Å². The van der Waals surface area contributed by atoms with Gasteiger partial charge in [0.1, 0.15) is 10.6 Å². The number of ether oxygens (including phenoxy) is 1. The lowest BCUT2D eigenvalue weighted by Gasteiger charge is -2.37. The van der Waals surface area contributed by atoms with Crippen molar-refractivity contribution in [2.75, 3.05) is 33.3 Å². The molecule has 2 aromatic rings. The highest BCUT2D eigenvalue weighted by atomic mass is 35.5. The van der Waals surface area contributed by atoms with E-state index in [2.05, 4.69) is 17.0 Å². The van der Waals surface area contributed by atoms with Gasteiger partial charge in [0.2, 0.25) is 10.0 Å². The molecule has 0 amide bonds. The zero-order valence-electron chi connectivity index (χ0n) is 17.4. The Morgan fingerprint density at radius 1 is 1.10 bits per heavy atom. The van der Waals surface area contributed by atoms with Crippen molar-refractivity contribution >= 4 is 45.6 Å². The molecule has 0 N–H and O–H groups in total. The van der Waals surface area contributed by atoms with E-state index in [0.717, 1.165) is 44.6 Å². The third-order valence-corrected chi connectivity index (χ3v) is 8.60. The van der Waals surface area contributed by atoms with Gasteiger partial charge in [0.05, 0.1) is 12.1 Å². The van der Waals surface area contributed by atoms with E-state index in [4.69, 9.17) is 27.9 Å². The molecule has 5 nitrogen and oxygen atoms in total. The summed E-state index contributed by atoms with van der Waals surface area (Å²) >= 11 is 12.2. The van der Waals surface area contributed by atoms with E-state index in [9.17, 15) is 8.42 Å². The summed E-state index contributed by atoms with van der Waals surface area (Å²) in [5.41, 5.74) is 2.67. The summed E-state index contributed by atoms with van der Waals surface area (Å²) in [4.78, 5) is 2.53. The minimum atomic E-state index is -3.66. The Labute approximate surface area is 200 Å². The first-order valence-electron chi connectivity index (χ1n) is 10.2. The van der Waals surface area contributed by atoms with Gasteiger partial charge in [-0.1, -0.05) is 29.3 Å². The van der Waals surface area contributed by atoms with Crippen LogP contribution in [0.15, 0.2) is 41.3 Å². The Morgan fingerprint density at radius 3 is 2.68 bits per heavy atom. The summed E-state index contributed by atoms with van der Waals surface area (Å²) in [6, 6.07) is 10.9. The minimum absolute atomic E-state index is 0. The SMILES string of the molecule is COc1ccc2c(c1)CCN(CC1CCCN(S(=O)(=O)c3cc(Cl)ccc3Cl)C1)C2.Cl. The second kappa shape index (κ2) is 10.3. The first-order valence-corrected chi connectivity index (χ1v) is 12.4. The van der Waals surface area contributed by atoms with E-state index < -0.39 is 10.0 Å². The standard InChI is InChI=1S/C22H26Cl2N2O3S.ClH/c1-29-20-6-4-18-15-25(10-8-17(18)11-20)13-16-3-2-9-26(14-16)30(27,28)22-12-19(23)5-7-21(22)24;/h4-7,11-12,16H,2-3,8-10,13-15H2,1H3;1H. The van der Waals surface area contributed by atoms with Crippen LogP contribution in [0.2, 0.25) is 10.0 Å². The maximum atomic E-state index is 13.2. The molecule has 2 aliphatic rings. The molecular weight excluding hydrogens is 479 g/mol. The van der Waals surface area contributed by atoms with Crippen LogP contribution in [0.1, 0.15) is 24.0 Å². The van der Waals surface area contributed by atoms with E-state index in [1.54, 1.807) is 23.5 Å². The van der Waals surface area contributed by atoms with Crippen molar-refractivity contribution in [2.45, 2.75) is 30.7 Å². The Balaban J connectivity index is 0.00000272. The monoisotopic (exact) mass is 504 g/mol. The van der Waals surface area contributed by atoms with Crippen molar-refractivity contribution in [3.63, 3.8) is 0 Å². The van der Waals surface area contributed by atoms with Crippen LogP contribution in [0.4, 0.5) is 0 Å². The third kappa shape index (κ3) is 5.49. The molecule has 31 heavy (non-hydrogen) atoms. The molecule has 1 atom stereocenters. The molecule has 9 heteroatoms. The normalized spacial score (nSPS) is 20.0. The second-order valence-electron chi connectivity index (χ2n) is 8.07. The molecule has 2 aromatic carbocycles. The Morgan fingerprint density at radius 2 is 1.90 bits per heavy atom. The Bertz CT molecular complexity index is 1030. The summed E-state index contributed by atoms with van der Waals surface area (Å²) in [5, 5.41) is 0.583. The number of sulfonamides is 1. The maximum Gasteiger partial charge on any atom is 0.244 e.